The Bertz CT molecular complexity index is 537. The van der Waals surface area contributed by atoms with Crippen molar-refractivity contribution in [2.45, 2.75) is 26.3 Å². The van der Waals surface area contributed by atoms with E-state index in [1.165, 1.54) is 11.3 Å². The number of thiophene rings is 1. The molecule has 0 aliphatic rings. The highest BCUT2D eigenvalue weighted by Gasteiger charge is 2.19. The highest BCUT2D eigenvalue weighted by molar-refractivity contribution is 7.12. The Labute approximate surface area is 112 Å². The van der Waals surface area contributed by atoms with Crippen LogP contribution in [0.25, 0.3) is 11.1 Å². The average molecular weight is 259 g/mol. The SMILES string of the molecule is CC(C)(C)NC(=O)c1sccc1-c1ccccc1. The van der Waals surface area contributed by atoms with E-state index >= 15 is 0 Å². The van der Waals surface area contributed by atoms with Gasteiger partial charge in [0.15, 0.2) is 0 Å². The first-order chi connectivity index (χ1) is 8.47. The molecule has 1 amide bonds. The van der Waals surface area contributed by atoms with E-state index in [1.54, 1.807) is 0 Å². The van der Waals surface area contributed by atoms with Crippen molar-refractivity contribution in [2.24, 2.45) is 0 Å². The first-order valence-electron chi connectivity index (χ1n) is 5.93. The third-order valence-electron chi connectivity index (χ3n) is 2.44. The fraction of sp³-hybridized carbons (Fsp3) is 0.267. The van der Waals surface area contributed by atoms with Gasteiger partial charge in [-0.15, -0.1) is 11.3 Å². The molecule has 18 heavy (non-hydrogen) atoms. The fourth-order valence-corrected chi connectivity index (χ4v) is 2.54. The van der Waals surface area contributed by atoms with Gasteiger partial charge in [0.1, 0.15) is 0 Å². The summed E-state index contributed by atoms with van der Waals surface area (Å²) in [6, 6.07) is 12.0. The topological polar surface area (TPSA) is 29.1 Å². The molecular formula is C15H17NOS. The van der Waals surface area contributed by atoms with Crippen LogP contribution in [0.15, 0.2) is 41.8 Å². The summed E-state index contributed by atoms with van der Waals surface area (Å²) in [5, 5.41) is 4.96. The number of carbonyl (C=O) groups is 1. The van der Waals surface area contributed by atoms with Crippen LogP contribution in [-0.2, 0) is 0 Å². The van der Waals surface area contributed by atoms with E-state index in [0.29, 0.717) is 0 Å². The van der Waals surface area contributed by atoms with Crippen LogP contribution in [0.4, 0.5) is 0 Å². The highest BCUT2D eigenvalue weighted by atomic mass is 32.1. The normalized spacial score (nSPS) is 11.3. The number of hydrogen-bond donors (Lipinski definition) is 1. The monoisotopic (exact) mass is 259 g/mol. The predicted octanol–water partition coefficient (Wildman–Crippen LogP) is 3.94. The lowest BCUT2D eigenvalue weighted by Crippen LogP contribution is -2.40. The molecule has 3 heteroatoms. The minimum Gasteiger partial charge on any atom is -0.347 e. The molecule has 1 heterocycles. The predicted molar refractivity (Wildman–Crippen MR) is 77.0 cm³/mol. The average Bonchev–Trinajstić information content (AvgIpc) is 2.76. The minimum absolute atomic E-state index is 0.00338. The molecule has 1 N–H and O–H groups in total. The Morgan fingerprint density at radius 1 is 1.11 bits per heavy atom. The van der Waals surface area contributed by atoms with Crippen molar-refractivity contribution in [3.8, 4) is 11.1 Å². The van der Waals surface area contributed by atoms with E-state index < -0.39 is 0 Å². The molecule has 0 radical (unpaired) electrons. The molecule has 2 nitrogen and oxygen atoms in total. The second kappa shape index (κ2) is 4.94. The molecule has 0 aliphatic carbocycles. The van der Waals surface area contributed by atoms with E-state index in [-0.39, 0.29) is 11.4 Å². The summed E-state index contributed by atoms with van der Waals surface area (Å²) in [7, 11) is 0. The molecule has 2 aromatic rings. The number of benzene rings is 1. The van der Waals surface area contributed by atoms with E-state index in [2.05, 4.69) is 5.32 Å². The molecular weight excluding hydrogens is 242 g/mol. The Balaban J connectivity index is 2.32. The largest absolute Gasteiger partial charge is 0.347 e. The minimum atomic E-state index is -0.213. The summed E-state index contributed by atoms with van der Waals surface area (Å²) in [6.07, 6.45) is 0. The number of nitrogens with one attached hydrogen (secondary N) is 1. The van der Waals surface area contributed by atoms with Crippen LogP contribution in [0.2, 0.25) is 0 Å². The molecule has 0 atom stereocenters. The van der Waals surface area contributed by atoms with Gasteiger partial charge in [0, 0.05) is 11.1 Å². The second-order valence-corrected chi connectivity index (χ2v) is 6.15. The van der Waals surface area contributed by atoms with Gasteiger partial charge in [0.25, 0.3) is 5.91 Å². The second-order valence-electron chi connectivity index (χ2n) is 5.23. The van der Waals surface area contributed by atoms with E-state index in [0.717, 1.165) is 16.0 Å². The van der Waals surface area contributed by atoms with Gasteiger partial charge >= 0.3 is 0 Å². The van der Waals surface area contributed by atoms with Gasteiger partial charge in [0.05, 0.1) is 4.88 Å². The molecule has 0 aliphatic heterocycles. The molecule has 1 aromatic carbocycles. The third kappa shape index (κ3) is 2.99. The Morgan fingerprint density at radius 2 is 1.78 bits per heavy atom. The van der Waals surface area contributed by atoms with Crippen molar-refractivity contribution >= 4 is 17.2 Å². The van der Waals surface area contributed by atoms with Gasteiger partial charge in [-0.1, -0.05) is 30.3 Å². The number of rotatable bonds is 2. The van der Waals surface area contributed by atoms with E-state index in [9.17, 15) is 4.79 Å². The van der Waals surface area contributed by atoms with Crippen LogP contribution >= 0.6 is 11.3 Å². The molecule has 2 rings (SSSR count). The summed E-state index contributed by atoms with van der Waals surface area (Å²) in [5.41, 5.74) is 1.87. The molecule has 0 spiro atoms. The lowest BCUT2D eigenvalue weighted by Gasteiger charge is -2.20. The Morgan fingerprint density at radius 3 is 2.39 bits per heavy atom. The lowest BCUT2D eigenvalue weighted by atomic mass is 10.1. The molecule has 1 aromatic heterocycles. The van der Waals surface area contributed by atoms with Crippen molar-refractivity contribution in [1.29, 1.82) is 0 Å². The maximum absolute atomic E-state index is 12.2. The molecule has 0 bridgehead atoms. The van der Waals surface area contributed by atoms with Gasteiger partial charge in [-0.2, -0.15) is 0 Å². The Hall–Kier alpha value is -1.61. The Kier molecular flexibility index (Phi) is 3.53. The fourth-order valence-electron chi connectivity index (χ4n) is 1.73. The summed E-state index contributed by atoms with van der Waals surface area (Å²) in [4.78, 5) is 13.0. The molecule has 0 fully saturated rings. The van der Waals surface area contributed by atoms with Crippen LogP contribution < -0.4 is 5.32 Å². The van der Waals surface area contributed by atoms with Crippen LogP contribution in [-0.4, -0.2) is 11.4 Å². The standard InChI is InChI=1S/C15H17NOS/c1-15(2,3)16-14(17)13-12(9-10-18-13)11-7-5-4-6-8-11/h4-10H,1-3H3,(H,16,17). The van der Waals surface area contributed by atoms with Gasteiger partial charge in [-0.25, -0.2) is 0 Å². The maximum atomic E-state index is 12.2. The van der Waals surface area contributed by atoms with E-state index in [4.69, 9.17) is 0 Å². The zero-order valence-corrected chi connectivity index (χ0v) is 11.7. The third-order valence-corrected chi connectivity index (χ3v) is 3.36. The van der Waals surface area contributed by atoms with Gasteiger partial charge in [-0.05, 0) is 37.8 Å². The van der Waals surface area contributed by atoms with Crippen LogP contribution in [0, 0.1) is 0 Å². The van der Waals surface area contributed by atoms with E-state index in [1.807, 2.05) is 62.5 Å². The summed E-state index contributed by atoms with van der Waals surface area (Å²) in [5.74, 6) is -0.00338. The van der Waals surface area contributed by atoms with Crippen LogP contribution in [0.5, 0.6) is 0 Å². The zero-order chi connectivity index (χ0) is 13.2. The van der Waals surface area contributed by atoms with Crippen LogP contribution in [0.1, 0.15) is 30.4 Å². The van der Waals surface area contributed by atoms with Crippen molar-refractivity contribution in [3.05, 3.63) is 46.7 Å². The highest BCUT2D eigenvalue weighted by Crippen LogP contribution is 2.28. The molecule has 0 saturated heterocycles. The first kappa shape index (κ1) is 12.8. The molecule has 94 valence electrons. The van der Waals surface area contributed by atoms with Crippen molar-refractivity contribution in [1.82, 2.24) is 5.32 Å². The smallest absolute Gasteiger partial charge is 0.262 e. The number of amides is 1. The number of hydrogen-bond acceptors (Lipinski definition) is 2. The molecule has 0 saturated carbocycles. The zero-order valence-electron chi connectivity index (χ0n) is 10.9. The summed E-state index contributed by atoms with van der Waals surface area (Å²) >= 11 is 1.48. The molecule has 0 unspecified atom stereocenters. The van der Waals surface area contributed by atoms with Crippen molar-refractivity contribution in [3.63, 3.8) is 0 Å². The number of carbonyl (C=O) groups excluding carboxylic acids is 1. The van der Waals surface area contributed by atoms with Gasteiger partial charge in [0.2, 0.25) is 0 Å². The lowest BCUT2D eigenvalue weighted by molar-refractivity contribution is 0.0924. The maximum Gasteiger partial charge on any atom is 0.262 e. The van der Waals surface area contributed by atoms with Gasteiger partial charge < -0.3 is 5.32 Å². The summed E-state index contributed by atoms with van der Waals surface area (Å²) < 4.78 is 0. The summed E-state index contributed by atoms with van der Waals surface area (Å²) in [6.45, 7) is 5.96. The van der Waals surface area contributed by atoms with Crippen LogP contribution in [0.3, 0.4) is 0 Å². The first-order valence-corrected chi connectivity index (χ1v) is 6.81. The van der Waals surface area contributed by atoms with Gasteiger partial charge in [-0.3, -0.25) is 4.79 Å². The quantitative estimate of drug-likeness (QED) is 0.869. The van der Waals surface area contributed by atoms with Crippen molar-refractivity contribution < 1.29 is 4.79 Å². The van der Waals surface area contributed by atoms with Crippen molar-refractivity contribution in [2.75, 3.05) is 0 Å².